The molecule has 3 nitrogen and oxygen atoms in total. The third-order valence-corrected chi connectivity index (χ3v) is 13.8. The van der Waals surface area contributed by atoms with E-state index in [1.165, 1.54) is 51.4 Å². The van der Waals surface area contributed by atoms with Gasteiger partial charge in [0.05, 0.1) is 12.2 Å². The summed E-state index contributed by atoms with van der Waals surface area (Å²) < 4.78 is 0. The third-order valence-electron chi connectivity index (χ3n) is 13.8. The number of rotatable bonds is 2. The quantitative estimate of drug-likeness (QED) is 0.470. The maximum Gasteiger partial charge on any atom is 0.0852 e. The summed E-state index contributed by atoms with van der Waals surface area (Å²) in [4.78, 5) is 0. The smallest absolute Gasteiger partial charge is 0.0852 e. The van der Waals surface area contributed by atoms with Crippen LogP contribution in [0.2, 0.25) is 0 Å². The van der Waals surface area contributed by atoms with Crippen LogP contribution in [-0.4, -0.2) is 34.1 Å². The lowest BCUT2D eigenvalue weighted by Crippen LogP contribution is -2.68. The highest BCUT2D eigenvalue weighted by Gasteiger charge is 2.71. The van der Waals surface area contributed by atoms with E-state index in [9.17, 15) is 15.3 Å². The molecule has 5 aliphatic rings. The molecule has 0 aromatic heterocycles. The number of hydrogen-bond donors (Lipinski definition) is 3. The maximum absolute atomic E-state index is 11.0. The second-order valence-electron chi connectivity index (χ2n) is 15.2. The van der Waals surface area contributed by atoms with Crippen molar-refractivity contribution in [1.29, 1.82) is 0 Å². The fourth-order valence-electron chi connectivity index (χ4n) is 11.9. The molecule has 5 saturated carbocycles. The molecule has 0 heterocycles. The normalized spacial score (nSPS) is 57.7. The van der Waals surface area contributed by atoms with Gasteiger partial charge in [0, 0.05) is 6.61 Å². The molecule has 0 amide bonds. The maximum atomic E-state index is 11.0. The lowest BCUT2D eigenvalue weighted by Gasteiger charge is -2.73. The summed E-state index contributed by atoms with van der Waals surface area (Å²) in [6.45, 7) is 17.4. The van der Waals surface area contributed by atoms with Gasteiger partial charge in [0.25, 0.3) is 0 Å². The monoisotopic (exact) mass is 460 g/mol. The van der Waals surface area contributed by atoms with Gasteiger partial charge in [0.1, 0.15) is 0 Å². The van der Waals surface area contributed by atoms with Crippen LogP contribution in [0, 0.1) is 62.6 Å². The molecule has 3 N–H and O–H groups in total. The second kappa shape index (κ2) is 7.45. The van der Waals surface area contributed by atoms with Crippen LogP contribution in [-0.2, 0) is 0 Å². The Kier molecular flexibility index (Phi) is 5.55. The fraction of sp³-hybridized carbons (Fsp3) is 1.00. The van der Waals surface area contributed by atoms with Crippen molar-refractivity contribution in [2.24, 2.45) is 62.6 Å². The van der Waals surface area contributed by atoms with Gasteiger partial charge in [0.2, 0.25) is 0 Å². The second-order valence-corrected chi connectivity index (χ2v) is 15.2. The molecule has 11 atom stereocenters. The molecule has 0 spiro atoms. The molecule has 3 heteroatoms. The van der Waals surface area contributed by atoms with E-state index in [4.69, 9.17) is 0 Å². The van der Waals surface area contributed by atoms with E-state index in [0.717, 1.165) is 12.3 Å². The van der Waals surface area contributed by atoms with Gasteiger partial charge in [-0.2, -0.15) is 0 Å². The van der Waals surface area contributed by atoms with E-state index in [1.807, 2.05) is 0 Å². The molecule has 33 heavy (non-hydrogen) atoms. The Morgan fingerprint density at radius 3 is 2.12 bits per heavy atom. The van der Waals surface area contributed by atoms with Gasteiger partial charge in [0.15, 0.2) is 0 Å². The van der Waals surface area contributed by atoms with Crippen LogP contribution in [0.1, 0.15) is 106 Å². The van der Waals surface area contributed by atoms with Gasteiger partial charge in [-0.25, -0.2) is 0 Å². The number of fused-ring (bicyclic) bond motifs is 7. The van der Waals surface area contributed by atoms with Crippen molar-refractivity contribution in [3.05, 3.63) is 0 Å². The van der Waals surface area contributed by atoms with Gasteiger partial charge >= 0.3 is 0 Å². The zero-order chi connectivity index (χ0) is 24.2. The Morgan fingerprint density at radius 1 is 0.788 bits per heavy atom. The van der Waals surface area contributed by atoms with Crippen molar-refractivity contribution in [3.8, 4) is 0 Å². The summed E-state index contributed by atoms with van der Waals surface area (Å²) in [5.41, 5.74) is 0.581. The molecule has 0 radical (unpaired) electrons. The first-order valence-electron chi connectivity index (χ1n) is 14.3. The van der Waals surface area contributed by atoms with Crippen LogP contribution < -0.4 is 0 Å². The van der Waals surface area contributed by atoms with Crippen molar-refractivity contribution in [2.45, 2.75) is 118 Å². The number of hydrogen-bond acceptors (Lipinski definition) is 3. The Morgan fingerprint density at radius 2 is 1.48 bits per heavy atom. The summed E-state index contributed by atoms with van der Waals surface area (Å²) in [5.74, 6) is 3.89. The zero-order valence-electron chi connectivity index (χ0n) is 22.5. The summed E-state index contributed by atoms with van der Waals surface area (Å²) in [5, 5.41) is 32.6. The highest BCUT2D eigenvalue weighted by atomic mass is 16.3. The molecule has 5 rings (SSSR count). The SMILES string of the molecule is CC(C)[C@@H]1CC[C@]2(CO)CC[C@]3(C)[C@H](CC[C@@H]4[C@@]5(C)C[C@@H](O)[C@H](O)C(C)(C)[C@@H]5CC[C@]43C)[C@@H]12. The predicted octanol–water partition coefficient (Wildman–Crippen LogP) is 6.05. The average Bonchev–Trinajstić information content (AvgIpc) is 3.13. The minimum atomic E-state index is -0.614. The van der Waals surface area contributed by atoms with Crippen molar-refractivity contribution in [2.75, 3.05) is 6.61 Å². The van der Waals surface area contributed by atoms with Gasteiger partial charge < -0.3 is 15.3 Å². The third kappa shape index (κ3) is 2.91. The van der Waals surface area contributed by atoms with E-state index >= 15 is 0 Å². The standard InChI is InChI=1S/C30H52O3/c1-18(2)19-10-13-30(17-31)15-14-28(6)20(24(19)30)8-9-23-27(5)16-21(32)25(33)26(3,4)22(27)11-12-29(23,28)7/h18-25,31-33H,8-17H2,1-7H3/t19-,20+,21+,22-,23+,24+,25-,27-,28+,29+,30+/m0/s1. The lowest BCUT2D eigenvalue weighted by molar-refractivity contribution is -0.265. The Bertz CT molecular complexity index is 777. The fourth-order valence-corrected chi connectivity index (χ4v) is 11.9. The van der Waals surface area contributed by atoms with E-state index in [2.05, 4.69) is 48.5 Å². The summed E-state index contributed by atoms with van der Waals surface area (Å²) in [6.07, 6.45) is 9.46. The Labute approximate surface area is 203 Å². The summed E-state index contributed by atoms with van der Waals surface area (Å²) in [7, 11) is 0. The molecule has 0 aromatic carbocycles. The molecular formula is C30H52O3. The van der Waals surface area contributed by atoms with Gasteiger partial charge in [-0.1, -0.05) is 48.5 Å². The van der Waals surface area contributed by atoms with Crippen molar-refractivity contribution in [1.82, 2.24) is 0 Å². The van der Waals surface area contributed by atoms with Gasteiger partial charge in [-0.05, 0) is 120 Å². The number of aliphatic hydroxyl groups excluding tert-OH is 3. The first kappa shape index (κ1) is 24.6. The van der Waals surface area contributed by atoms with Crippen LogP contribution in [0.15, 0.2) is 0 Å². The molecule has 0 aliphatic heterocycles. The Balaban J connectivity index is 1.55. The molecule has 0 saturated heterocycles. The van der Waals surface area contributed by atoms with Gasteiger partial charge in [-0.3, -0.25) is 0 Å². The zero-order valence-corrected chi connectivity index (χ0v) is 22.5. The molecule has 5 aliphatic carbocycles. The largest absolute Gasteiger partial charge is 0.396 e. The first-order chi connectivity index (χ1) is 15.3. The number of aliphatic hydroxyl groups is 3. The van der Waals surface area contributed by atoms with Crippen LogP contribution in [0.25, 0.3) is 0 Å². The van der Waals surface area contributed by atoms with Crippen molar-refractivity contribution < 1.29 is 15.3 Å². The topological polar surface area (TPSA) is 60.7 Å². The minimum absolute atomic E-state index is 0.0851. The van der Waals surface area contributed by atoms with Crippen LogP contribution in [0.3, 0.4) is 0 Å². The van der Waals surface area contributed by atoms with E-state index in [-0.39, 0.29) is 21.7 Å². The average molecular weight is 461 g/mol. The molecular weight excluding hydrogens is 408 g/mol. The van der Waals surface area contributed by atoms with Gasteiger partial charge in [-0.15, -0.1) is 0 Å². The van der Waals surface area contributed by atoms with Crippen LogP contribution in [0.5, 0.6) is 0 Å². The van der Waals surface area contributed by atoms with Crippen molar-refractivity contribution >= 4 is 0 Å². The molecule has 0 aromatic rings. The first-order valence-corrected chi connectivity index (χ1v) is 14.3. The highest BCUT2D eigenvalue weighted by molar-refractivity contribution is 5.20. The molecule has 5 fully saturated rings. The molecule has 0 bridgehead atoms. The van der Waals surface area contributed by atoms with E-state index < -0.39 is 12.2 Å². The molecule has 190 valence electrons. The molecule has 0 unspecified atom stereocenters. The minimum Gasteiger partial charge on any atom is -0.396 e. The van der Waals surface area contributed by atoms with Crippen LogP contribution in [0.4, 0.5) is 0 Å². The van der Waals surface area contributed by atoms with E-state index in [1.54, 1.807) is 0 Å². The lowest BCUT2D eigenvalue weighted by atomic mass is 9.32. The Hall–Kier alpha value is -0.120. The summed E-state index contributed by atoms with van der Waals surface area (Å²) >= 11 is 0. The predicted molar refractivity (Wildman–Crippen MR) is 133 cm³/mol. The summed E-state index contributed by atoms with van der Waals surface area (Å²) in [6, 6.07) is 0. The highest BCUT2D eigenvalue weighted by Crippen LogP contribution is 2.77. The van der Waals surface area contributed by atoms with Crippen molar-refractivity contribution in [3.63, 3.8) is 0 Å². The van der Waals surface area contributed by atoms with E-state index in [0.29, 0.717) is 41.6 Å². The van der Waals surface area contributed by atoms with Crippen LogP contribution >= 0.6 is 0 Å².